The molecular weight excluding hydrogens is 214 g/mol. The molecule has 1 aromatic rings. The normalized spacial score (nSPS) is 16.7. The Labute approximate surface area is 102 Å². The quantitative estimate of drug-likeness (QED) is 0.813. The van der Waals surface area contributed by atoms with E-state index in [9.17, 15) is 4.79 Å². The first-order chi connectivity index (χ1) is 8.36. The molecule has 0 unspecified atom stereocenters. The molecular formula is C14H19NO2. The van der Waals surface area contributed by atoms with Crippen molar-refractivity contribution in [3.8, 4) is 0 Å². The van der Waals surface area contributed by atoms with Crippen molar-refractivity contribution in [2.75, 3.05) is 0 Å². The summed E-state index contributed by atoms with van der Waals surface area (Å²) in [6.45, 7) is 0.569. The van der Waals surface area contributed by atoms with E-state index in [1.807, 2.05) is 30.3 Å². The predicted octanol–water partition coefficient (Wildman–Crippen LogP) is 2.81. The molecule has 1 aliphatic carbocycles. The molecule has 0 aliphatic heterocycles. The number of hydrogen-bond acceptors (Lipinski definition) is 3. The van der Waals surface area contributed by atoms with Gasteiger partial charge in [-0.3, -0.25) is 4.79 Å². The summed E-state index contributed by atoms with van der Waals surface area (Å²) in [6.07, 6.45) is 5.51. The maximum atomic E-state index is 11.7. The van der Waals surface area contributed by atoms with Crippen LogP contribution in [0, 0.1) is 5.92 Å². The van der Waals surface area contributed by atoms with Gasteiger partial charge in [0, 0.05) is 0 Å². The highest BCUT2D eigenvalue weighted by Gasteiger charge is 2.22. The summed E-state index contributed by atoms with van der Waals surface area (Å²) in [5.74, 6) is 0.00709. The van der Waals surface area contributed by atoms with Crippen LogP contribution in [0.5, 0.6) is 0 Å². The van der Waals surface area contributed by atoms with Gasteiger partial charge >= 0.3 is 5.97 Å². The fraction of sp³-hybridized carbons (Fsp3) is 0.500. The van der Waals surface area contributed by atoms with Gasteiger partial charge in [-0.05, 0) is 18.4 Å². The van der Waals surface area contributed by atoms with Crippen LogP contribution in [0.3, 0.4) is 0 Å². The number of hydrogen-bond donors (Lipinski definition) is 1. The number of hydroxylamine groups is 1. The van der Waals surface area contributed by atoms with Gasteiger partial charge in [-0.1, -0.05) is 49.6 Å². The number of carbonyl (C=O) groups is 1. The predicted molar refractivity (Wildman–Crippen MR) is 65.9 cm³/mol. The Bertz CT molecular complexity index is 344. The first-order valence-electron chi connectivity index (χ1n) is 6.34. The van der Waals surface area contributed by atoms with Crippen molar-refractivity contribution < 1.29 is 9.63 Å². The molecule has 3 nitrogen and oxygen atoms in total. The summed E-state index contributed by atoms with van der Waals surface area (Å²) in [5.41, 5.74) is 3.86. The Hall–Kier alpha value is -1.35. The Kier molecular flexibility index (Phi) is 4.56. The van der Waals surface area contributed by atoms with Gasteiger partial charge in [-0.25, -0.2) is 0 Å². The molecule has 1 aliphatic rings. The highest BCUT2D eigenvalue weighted by molar-refractivity contribution is 5.72. The van der Waals surface area contributed by atoms with Crippen LogP contribution in [-0.4, -0.2) is 5.97 Å². The van der Waals surface area contributed by atoms with Crippen LogP contribution < -0.4 is 5.48 Å². The summed E-state index contributed by atoms with van der Waals surface area (Å²) in [5, 5.41) is 0. The molecule has 1 saturated carbocycles. The molecule has 1 aromatic carbocycles. The molecule has 0 spiro atoms. The lowest BCUT2D eigenvalue weighted by atomic mass is 9.89. The fourth-order valence-corrected chi connectivity index (χ4v) is 2.21. The topological polar surface area (TPSA) is 38.3 Å². The maximum absolute atomic E-state index is 11.7. The SMILES string of the molecule is O=C(ONCc1ccccc1)C1CCCCC1. The molecule has 92 valence electrons. The Morgan fingerprint density at radius 2 is 1.88 bits per heavy atom. The number of carbonyl (C=O) groups excluding carboxylic acids is 1. The molecule has 3 heteroatoms. The van der Waals surface area contributed by atoms with Crippen LogP contribution in [0.25, 0.3) is 0 Å². The van der Waals surface area contributed by atoms with Gasteiger partial charge in [0.1, 0.15) is 0 Å². The van der Waals surface area contributed by atoms with E-state index in [2.05, 4.69) is 5.48 Å². The first kappa shape index (κ1) is 12.1. The molecule has 2 rings (SSSR count). The second kappa shape index (κ2) is 6.40. The van der Waals surface area contributed by atoms with Gasteiger partial charge in [0.25, 0.3) is 0 Å². The van der Waals surface area contributed by atoms with Crippen LogP contribution in [0.2, 0.25) is 0 Å². The highest BCUT2D eigenvalue weighted by atomic mass is 16.7. The van der Waals surface area contributed by atoms with Crippen molar-refractivity contribution >= 4 is 5.97 Å². The third kappa shape index (κ3) is 3.86. The number of rotatable bonds is 4. The molecule has 0 bridgehead atoms. The molecule has 1 fully saturated rings. The minimum atomic E-state index is -0.0966. The molecule has 0 heterocycles. The van der Waals surface area contributed by atoms with E-state index >= 15 is 0 Å². The zero-order valence-corrected chi connectivity index (χ0v) is 10.0. The lowest BCUT2D eigenvalue weighted by molar-refractivity contribution is -0.157. The Morgan fingerprint density at radius 3 is 2.59 bits per heavy atom. The number of benzene rings is 1. The van der Waals surface area contributed by atoms with Crippen LogP contribution in [-0.2, 0) is 16.2 Å². The zero-order chi connectivity index (χ0) is 11.9. The van der Waals surface area contributed by atoms with E-state index in [-0.39, 0.29) is 11.9 Å². The van der Waals surface area contributed by atoms with Crippen LogP contribution in [0.4, 0.5) is 0 Å². The lowest BCUT2D eigenvalue weighted by Crippen LogP contribution is -2.26. The summed E-state index contributed by atoms with van der Waals surface area (Å²) in [6, 6.07) is 9.92. The van der Waals surface area contributed by atoms with E-state index in [0.717, 1.165) is 31.2 Å². The second-order valence-corrected chi connectivity index (χ2v) is 4.56. The minimum absolute atomic E-state index is 0.0966. The fourth-order valence-electron chi connectivity index (χ4n) is 2.21. The first-order valence-corrected chi connectivity index (χ1v) is 6.34. The molecule has 0 amide bonds. The van der Waals surface area contributed by atoms with Gasteiger partial charge in [0.15, 0.2) is 0 Å². The van der Waals surface area contributed by atoms with Gasteiger partial charge in [-0.2, -0.15) is 0 Å². The average molecular weight is 233 g/mol. The van der Waals surface area contributed by atoms with Crippen molar-refractivity contribution in [3.05, 3.63) is 35.9 Å². The molecule has 1 N–H and O–H groups in total. The standard InChI is InChI=1S/C14H19NO2/c16-14(13-9-5-2-6-10-13)17-15-11-12-7-3-1-4-8-12/h1,3-4,7-8,13,15H,2,5-6,9-11H2. The van der Waals surface area contributed by atoms with Crippen molar-refractivity contribution in [1.29, 1.82) is 0 Å². The van der Waals surface area contributed by atoms with Gasteiger partial charge in [0.2, 0.25) is 0 Å². The van der Waals surface area contributed by atoms with Gasteiger partial charge in [0.05, 0.1) is 12.5 Å². The van der Waals surface area contributed by atoms with E-state index in [1.54, 1.807) is 0 Å². The van der Waals surface area contributed by atoms with Crippen LogP contribution in [0.1, 0.15) is 37.7 Å². The maximum Gasteiger partial charge on any atom is 0.327 e. The van der Waals surface area contributed by atoms with E-state index in [1.165, 1.54) is 6.42 Å². The monoisotopic (exact) mass is 233 g/mol. The van der Waals surface area contributed by atoms with E-state index in [4.69, 9.17) is 4.84 Å². The molecule has 0 saturated heterocycles. The molecule has 0 atom stereocenters. The van der Waals surface area contributed by atoms with Gasteiger partial charge in [-0.15, -0.1) is 5.48 Å². The lowest BCUT2D eigenvalue weighted by Gasteiger charge is -2.19. The van der Waals surface area contributed by atoms with Gasteiger partial charge < -0.3 is 4.84 Å². The van der Waals surface area contributed by atoms with E-state index in [0.29, 0.717) is 6.54 Å². The van der Waals surface area contributed by atoms with Crippen LogP contribution in [0.15, 0.2) is 30.3 Å². The summed E-state index contributed by atoms with van der Waals surface area (Å²) in [7, 11) is 0. The summed E-state index contributed by atoms with van der Waals surface area (Å²) < 4.78 is 0. The summed E-state index contributed by atoms with van der Waals surface area (Å²) >= 11 is 0. The summed E-state index contributed by atoms with van der Waals surface area (Å²) in [4.78, 5) is 16.8. The zero-order valence-electron chi connectivity index (χ0n) is 10.0. The number of nitrogens with one attached hydrogen (secondary N) is 1. The highest BCUT2D eigenvalue weighted by Crippen LogP contribution is 2.24. The van der Waals surface area contributed by atoms with Crippen LogP contribution >= 0.6 is 0 Å². The van der Waals surface area contributed by atoms with Crippen molar-refractivity contribution in [2.45, 2.75) is 38.6 Å². The Morgan fingerprint density at radius 1 is 1.18 bits per heavy atom. The third-order valence-corrected chi connectivity index (χ3v) is 3.23. The Balaban J connectivity index is 1.69. The minimum Gasteiger partial charge on any atom is -0.370 e. The smallest absolute Gasteiger partial charge is 0.327 e. The van der Waals surface area contributed by atoms with E-state index < -0.39 is 0 Å². The third-order valence-electron chi connectivity index (χ3n) is 3.23. The largest absolute Gasteiger partial charge is 0.370 e. The van der Waals surface area contributed by atoms with Crippen molar-refractivity contribution in [2.24, 2.45) is 5.92 Å². The molecule has 0 aromatic heterocycles. The van der Waals surface area contributed by atoms with Crippen molar-refractivity contribution in [3.63, 3.8) is 0 Å². The molecule has 17 heavy (non-hydrogen) atoms. The second-order valence-electron chi connectivity index (χ2n) is 4.56. The average Bonchev–Trinajstić information content (AvgIpc) is 2.41. The molecule has 0 radical (unpaired) electrons. The van der Waals surface area contributed by atoms with Crippen molar-refractivity contribution in [1.82, 2.24) is 5.48 Å².